The summed E-state index contributed by atoms with van der Waals surface area (Å²) in [6.07, 6.45) is 5.63. The Morgan fingerprint density at radius 2 is 2.45 bits per heavy atom. The van der Waals surface area contributed by atoms with E-state index < -0.39 is 0 Å². The van der Waals surface area contributed by atoms with Crippen LogP contribution in [0.1, 0.15) is 46.7 Å². The number of carbonyl (C=O) groups excluding carboxylic acids is 1. The van der Waals surface area contributed by atoms with Crippen molar-refractivity contribution in [1.29, 1.82) is 0 Å². The molecule has 0 radical (unpaired) electrons. The van der Waals surface area contributed by atoms with E-state index in [2.05, 4.69) is 17.3 Å². The van der Waals surface area contributed by atoms with Crippen LogP contribution in [0.25, 0.3) is 0 Å². The summed E-state index contributed by atoms with van der Waals surface area (Å²) in [5, 5.41) is 9.41. The molecule has 1 N–H and O–H groups in total. The van der Waals surface area contributed by atoms with E-state index >= 15 is 0 Å². The van der Waals surface area contributed by atoms with Gasteiger partial charge < -0.3 is 10.1 Å². The Morgan fingerprint density at radius 3 is 3.14 bits per heavy atom. The van der Waals surface area contributed by atoms with E-state index in [0.29, 0.717) is 0 Å². The van der Waals surface area contributed by atoms with Crippen LogP contribution in [0.5, 0.6) is 0 Å². The quantitative estimate of drug-likeness (QED) is 0.942. The third kappa shape index (κ3) is 3.08. The molecule has 1 saturated heterocycles. The van der Waals surface area contributed by atoms with E-state index in [9.17, 15) is 4.79 Å². The van der Waals surface area contributed by atoms with E-state index in [1.807, 2.05) is 35.4 Å². The Balaban J connectivity index is 1.75. The minimum absolute atomic E-state index is 0.00254. The molecule has 2 aromatic heterocycles. The third-order valence-corrected chi connectivity index (χ3v) is 5.03. The van der Waals surface area contributed by atoms with Crippen molar-refractivity contribution in [3.63, 3.8) is 0 Å². The van der Waals surface area contributed by atoms with Gasteiger partial charge in [0.1, 0.15) is 6.10 Å². The fourth-order valence-corrected chi connectivity index (χ4v) is 3.62. The van der Waals surface area contributed by atoms with Crippen molar-refractivity contribution < 1.29 is 9.53 Å². The first kappa shape index (κ1) is 15.2. The molecule has 5 nitrogen and oxygen atoms in total. The molecule has 0 aliphatic carbocycles. The second-order valence-corrected chi connectivity index (χ2v) is 6.49. The maximum atomic E-state index is 12.5. The maximum absolute atomic E-state index is 12.5. The minimum atomic E-state index is -0.113. The predicted octanol–water partition coefficient (Wildman–Crippen LogP) is 2.92. The van der Waals surface area contributed by atoms with Crippen LogP contribution in [0.3, 0.4) is 0 Å². The summed E-state index contributed by atoms with van der Waals surface area (Å²) in [6, 6.07) is 1.97. The van der Waals surface area contributed by atoms with E-state index in [4.69, 9.17) is 4.74 Å². The van der Waals surface area contributed by atoms with Crippen molar-refractivity contribution in [3.05, 3.63) is 39.8 Å². The monoisotopic (exact) mass is 319 g/mol. The van der Waals surface area contributed by atoms with Crippen molar-refractivity contribution in [2.45, 2.75) is 45.4 Å². The van der Waals surface area contributed by atoms with Crippen LogP contribution < -0.4 is 5.32 Å². The molecule has 0 unspecified atom stereocenters. The van der Waals surface area contributed by atoms with E-state index in [-0.39, 0.29) is 18.1 Å². The van der Waals surface area contributed by atoms with Crippen molar-refractivity contribution in [2.75, 3.05) is 6.61 Å². The number of thiophene rings is 1. The van der Waals surface area contributed by atoms with Gasteiger partial charge in [0.15, 0.2) is 0 Å². The maximum Gasteiger partial charge on any atom is 0.261 e. The molecule has 3 heterocycles. The first-order valence-corrected chi connectivity index (χ1v) is 8.56. The summed E-state index contributed by atoms with van der Waals surface area (Å²) in [6.45, 7) is 5.58. The molecule has 1 aliphatic heterocycles. The highest BCUT2D eigenvalue weighted by Gasteiger charge is 2.30. The zero-order valence-electron chi connectivity index (χ0n) is 12.9. The summed E-state index contributed by atoms with van der Waals surface area (Å²) in [5.74, 6) is -0.00381. The van der Waals surface area contributed by atoms with Crippen LogP contribution >= 0.6 is 11.3 Å². The Kier molecular flexibility index (Phi) is 4.59. The molecule has 0 saturated carbocycles. The molecular weight excluding hydrogens is 298 g/mol. The third-order valence-electron chi connectivity index (χ3n) is 4.01. The Labute approximate surface area is 134 Å². The molecule has 22 heavy (non-hydrogen) atoms. The van der Waals surface area contributed by atoms with Gasteiger partial charge in [0.2, 0.25) is 0 Å². The highest BCUT2D eigenvalue weighted by atomic mass is 32.1. The number of nitrogens with one attached hydrogen (secondary N) is 1. The Morgan fingerprint density at radius 1 is 1.59 bits per heavy atom. The van der Waals surface area contributed by atoms with Gasteiger partial charge in [-0.05, 0) is 43.7 Å². The van der Waals surface area contributed by atoms with Crippen LogP contribution in [0.2, 0.25) is 0 Å². The molecule has 1 amide bonds. The van der Waals surface area contributed by atoms with Gasteiger partial charge in [-0.25, -0.2) is 0 Å². The van der Waals surface area contributed by atoms with Gasteiger partial charge in [-0.1, -0.05) is 0 Å². The zero-order valence-corrected chi connectivity index (χ0v) is 13.7. The summed E-state index contributed by atoms with van der Waals surface area (Å²) >= 11 is 1.48. The lowest BCUT2D eigenvalue weighted by atomic mass is 9.98. The Hall–Kier alpha value is -1.66. The predicted molar refractivity (Wildman–Crippen MR) is 86.1 cm³/mol. The minimum Gasteiger partial charge on any atom is -0.371 e. The average molecular weight is 319 g/mol. The lowest BCUT2D eigenvalue weighted by Crippen LogP contribution is -2.42. The smallest absolute Gasteiger partial charge is 0.261 e. The highest BCUT2D eigenvalue weighted by Crippen LogP contribution is 2.29. The SMILES string of the molecule is CCn1cc([C@H]2OCCC[C@@H]2NC(=O)c2sccc2C)cn1. The summed E-state index contributed by atoms with van der Waals surface area (Å²) < 4.78 is 7.80. The topological polar surface area (TPSA) is 56.1 Å². The molecule has 0 bridgehead atoms. The fourth-order valence-electron chi connectivity index (χ4n) is 2.80. The molecule has 0 aromatic carbocycles. The first-order valence-electron chi connectivity index (χ1n) is 7.68. The molecule has 2 atom stereocenters. The van der Waals surface area contributed by atoms with Crippen LogP contribution in [0, 0.1) is 6.92 Å². The zero-order chi connectivity index (χ0) is 15.5. The summed E-state index contributed by atoms with van der Waals surface area (Å²) in [4.78, 5) is 13.2. The van der Waals surface area contributed by atoms with Gasteiger partial charge in [-0.3, -0.25) is 9.48 Å². The number of rotatable bonds is 4. The second kappa shape index (κ2) is 6.62. The molecule has 3 rings (SSSR count). The molecule has 118 valence electrons. The van der Waals surface area contributed by atoms with Gasteiger partial charge in [-0.15, -0.1) is 11.3 Å². The van der Waals surface area contributed by atoms with E-state index in [1.54, 1.807) is 0 Å². The van der Waals surface area contributed by atoms with Crippen molar-refractivity contribution in [1.82, 2.24) is 15.1 Å². The summed E-state index contributed by atoms with van der Waals surface area (Å²) in [7, 11) is 0. The Bertz CT molecular complexity index is 649. The van der Waals surface area contributed by atoms with Crippen molar-refractivity contribution in [2.24, 2.45) is 0 Å². The van der Waals surface area contributed by atoms with E-state index in [1.165, 1.54) is 11.3 Å². The molecular formula is C16H21N3O2S. The van der Waals surface area contributed by atoms with Crippen LogP contribution in [0.15, 0.2) is 23.8 Å². The van der Waals surface area contributed by atoms with E-state index in [0.717, 1.165) is 42.0 Å². The second-order valence-electron chi connectivity index (χ2n) is 5.58. The summed E-state index contributed by atoms with van der Waals surface area (Å²) in [5.41, 5.74) is 2.06. The molecule has 2 aromatic rings. The van der Waals surface area contributed by atoms with Gasteiger partial charge in [0, 0.05) is 24.9 Å². The number of aromatic nitrogens is 2. The largest absolute Gasteiger partial charge is 0.371 e. The number of aryl methyl sites for hydroxylation is 2. The van der Waals surface area contributed by atoms with Crippen molar-refractivity contribution >= 4 is 17.2 Å². The molecule has 0 spiro atoms. The number of carbonyl (C=O) groups is 1. The number of hydrogen-bond donors (Lipinski definition) is 1. The number of hydrogen-bond acceptors (Lipinski definition) is 4. The molecule has 1 aliphatic rings. The lowest BCUT2D eigenvalue weighted by molar-refractivity contribution is -0.00946. The van der Waals surface area contributed by atoms with Gasteiger partial charge in [-0.2, -0.15) is 5.10 Å². The van der Waals surface area contributed by atoms with Gasteiger partial charge >= 0.3 is 0 Å². The number of nitrogens with zero attached hydrogens (tertiary/aromatic N) is 2. The normalized spacial score (nSPS) is 21.7. The van der Waals surface area contributed by atoms with Gasteiger partial charge in [0.25, 0.3) is 5.91 Å². The lowest BCUT2D eigenvalue weighted by Gasteiger charge is -2.31. The molecule has 1 fully saturated rings. The standard InChI is InChI=1S/C16H21N3O2S/c1-3-19-10-12(9-17-19)14-13(5-4-7-21-14)18-16(20)15-11(2)6-8-22-15/h6,8-10,13-14H,3-5,7H2,1-2H3,(H,18,20)/t13-,14+/m0/s1. The van der Waals surface area contributed by atoms with Gasteiger partial charge in [0.05, 0.1) is 17.1 Å². The van der Waals surface area contributed by atoms with Crippen LogP contribution in [0.4, 0.5) is 0 Å². The average Bonchev–Trinajstić information content (AvgIpc) is 3.16. The van der Waals surface area contributed by atoms with Crippen LogP contribution in [-0.4, -0.2) is 28.3 Å². The van der Waals surface area contributed by atoms with Crippen LogP contribution in [-0.2, 0) is 11.3 Å². The number of amides is 1. The first-order chi connectivity index (χ1) is 10.7. The van der Waals surface area contributed by atoms with Crippen molar-refractivity contribution in [3.8, 4) is 0 Å². The highest BCUT2D eigenvalue weighted by molar-refractivity contribution is 7.12. The fraction of sp³-hybridized carbons (Fsp3) is 0.500. The molecule has 6 heteroatoms. The number of ether oxygens (including phenoxy) is 1.